The highest BCUT2D eigenvalue weighted by Gasteiger charge is 2.13. The molecule has 0 amide bonds. The predicted molar refractivity (Wildman–Crippen MR) is 68.2 cm³/mol. The molecule has 2 aromatic carbocycles. The van der Waals surface area contributed by atoms with Crippen LogP contribution in [0.1, 0.15) is 22.8 Å². The molecular formula is C15H12FNO2. The number of nitrogens with zero attached hydrogens (tertiary/aromatic N) is 1. The normalized spacial score (nSPS) is 11.7. The molecule has 0 bridgehead atoms. The molecule has 0 spiro atoms. The zero-order valence-corrected chi connectivity index (χ0v) is 10.3. The summed E-state index contributed by atoms with van der Waals surface area (Å²) in [6.07, 6.45) is -0.978. The lowest BCUT2D eigenvalue weighted by Crippen LogP contribution is -2.01. The fourth-order valence-corrected chi connectivity index (χ4v) is 1.82. The maximum absolute atomic E-state index is 13.6. The van der Waals surface area contributed by atoms with Gasteiger partial charge >= 0.3 is 0 Å². The topological polar surface area (TPSA) is 53.2 Å². The van der Waals surface area contributed by atoms with Crippen molar-refractivity contribution in [3.63, 3.8) is 0 Å². The number of hydrogen-bond donors (Lipinski definition) is 1. The molecule has 1 N–H and O–H groups in total. The van der Waals surface area contributed by atoms with Crippen molar-refractivity contribution in [2.75, 3.05) is 7.11 Å². The first-order valence-electron chi connectivity index (χ1n) is 5.67. The molecule has 96 valence electrons. The minimum atomic E-state index is -0.978. The van der Waals surface area contributed by atoms with E-state index < -0.39 is 11.9 Å². The summed E-state index contributed by atoms with van der Waals surface area (Å²) >= 11 is 0. The van der Waals surface area contributed by atoms with Gasteiger partial charge in [0.1, 0.15) is 6.10 Å². The van der Waals surface area contributed by atoms with Gasteiger partial charge in [0.15, 0.2) is 11.6 Å². The highest BCUT2D eigenvalue weighted by atomic mass is 19.1. The number of halogens is 1. The van der Waals surface area contributed by atoms with Crippen LogP contribution in [0.3, 0.4) is 0 Å². The number of rotatable bonds is 3. The SMILES string of the molecule is COc1ccc(C(O)c2cccc(C#N)c2)cc1F. The summed E-state index contributed by atoms with van der Waals surface area (Å²) in [6.45, 7) is 0. The molecule has 0 heterocycles. The molecule has 0 saturated carbocycles. The molecule has 0 saturated heterocycles. The third kappa shape index (κ3) is 2.72. The molecule has 0 fully saturated rings. The number of nitriles is 1. The Labute approximate surface area is 110 Å². The summed E-state index contributed by atoms with van der Waals surface area (Å²) in [5.41, 5.74) is 1.41. The Bertz CT molecular complexity index is 634. The van der Waals surface area contributed by atoms with Crippen molar-refractivity contribution in [3.8, 4) is 11.8 Å². The van der Waals surface area contributed by atoms with Gasteiger partial charge in [-0.05, 0) is 35.4 Å². The van der Waals surface area contributed by atoms with Gasteiger partial charge < -0.3 is 9.84 Å². The van der Waals surface area contributed by atoms with Crippen molar-refractivity contribution >= 4 is 0 Å². The maximum Gasteiger partial charge on any atom is 0.165 e. The largest absolute Gasteiger partial charge is 0.494 e. The van der Waals surface area contributed by atoms with E-state index in [1.165, 1.54) is 19.2 Å². The van der Waals surface area contributed by atoms with Crippen molar-refractivity contribution in [1.29, 1.82) is 5.26 Å². The van der Waals surface area contributed by atoms with Crippen LogP contribution in [0, 0.1) is 17.1 Å². The van der Waals surface area contributed by atoms with E-state index in [-0.39, 0.29) is 5.75 Å². The Morgan fingerprint density at radius 1 is 1.21 bits per heavy atom. The van der Waals surface area contributed by atoms with Gasteiger partial charge in [-0.15, -0.1) is 0 Å². The van der Waals surface area contributed by atoms with Gasteiger partial charge in [-0.2, -0.15) is 5.26 Å². The van der Waals surface area contributed by atoms with Gasteiger partial charge in [0.25, 0.3) is 0 Å². The second-order valence-corrected chi connectivity index (χ2v) is 4.03. The predicted octanol–water partition coefficient (Wildman–Crippen LogP) is 2.79. The number of aliphatic hydroxyl groups excluding tert-OH is 1. The van der Waals surface area contributed by atoms with Gasteiger partial charge in [-0.25, -0.2) is 4.39 Å². The average molecular weight is 257 g/mol. The monoisotopic (exact) mass is 257 g/mol. The van der Waals surface area contributed by atoms with E-state index >= 15 is 0 Å². The molecule has 3 nitrogen and oxygen atoms in total. The van der Waals surface area contributed by atoms with Crippen LogP contribution in [0.5, 0.6) is 5.75 Å². The van der Waals surface area contributed by atoms with E-state index in [2.05, 4.69) is 0 Å². The zero-order chi connectivity index (χ0) is 13.8. The quantitative estimate of drug-likeness (QED) is 0.919. The molecule has 0 aliphatic rings. The second kappa shape index (κ2) is 5.51. The molecule has 19 heavy (non-hydrogen) atoms. The Hall–Kier alpha value is -2.38. The lowest BCUT2D eigenvalue weighted by molar-refractivity contribution is 0.219. The van der Waals surface area contributed by atoms with Crippen LogP contribution in [0.15, 0.2) is 42.5 Å². The van der Waals surface area contributed by atoms with Gasteiger partial charge in [-0.1, -0.05) is 18.2 Å². The Morgan fingerprint density at radius 2 is 1.95 bits per heavy atom. The molecule has 2 aromatic rings. The molecule has 0 aromatic heterocycles. The van der Waals surface area contributed by atoms with Crippen LogP contribution in [0.2, 0.25) is 0 Å². The first-order valence-corrected chi connectivity index (χ1v) is 5.67. The third-order valence-electron chi connectivity index (χ3n) is 2.82. The first kappa shape index (κ1) is 13.1. The number of hydrogen-bond acceptors (Lipinski definition) is 3. The van der Waals surface area contributed by atoms with Crippen LogP contribution in [0.4, 0.5) is 4.39 Å². The molecule has 0 radical (unpaired) electrons. The van der Waals surface area contributed by atoms with Gasteiger partial charge in [0.05, 0.1) is 18.7 Å². The number of ether oxygens (including phenoxy) is 1. The summed E-state index contributed by atoms with van der Waals surface area (Å²) in [5.74, 6) is -0.405. The minimum Gasteiger partial charge on any atom is -0.494 e. The zero-order valence-electron chi connectivity index (χ0n) is 10.3. The maximum atomic E-state index is 13.6. The summed E-state index contributed by atoms with van der Waals surface area (Å²) in [5, 5.41) is 19.0. The number of aliphatic hydroxyl groups is 1. The highest BCUT2D eigenvalue weighted by molar-refractivity contribution is 5.39. The van der Waals surface area contributed by atoms with Gasteiger partial charge in [0.2, 0.25) is 0 Å². The number of benzene rings is 2. The second-order valence-electron chi connectivity index (χ2n) is 4.03. The molecule has 1 unspecified atom stereocenters. The van der Waals surface area contributed by atoms with Gasteiger partial charge in [-0.3, -0.25) is 0 Å². The van der Waals surface area contributed by atoms with Crippen molar-refractivity contribution in [2.24, 2.45) is 0 Å². The fraction of sp³-hybridized carbons (Fsp3) is 0.133. The lowest BCUT2D eigenvalue weighted by Gasteiger charge is -2.12. The molecular weight excluding hydrogens is 245 g/mol. The summed E-state index contributed by atoms with van der Waals surface area (Å²) < 4.78 is 18.4. The fourth-order valence-electron chi connectivity index (χ4n) is 1.82. The number of methoxy groups -OCH3 is 1. The summed E-state index contributed by atoms with van der Waals surface area (Å²) in [4.78, 5) is 0. The highest BCUT2D eigenvalue weighted by Crippen LogP contribution is 2.26. The first-order chi connectivity index (χ1) is 9.15. The Morgan fingerprint density at radius 3 is 2.58 bits per heavy atom. The van der Waals surface area contributed by atoms with E-state index in [4.69, 9.17) is 10.00 Å². The van der Waals surface area contributed by atoms with Crippen molar-refractivity contribution in [1.82, 2.24) is 0 Å². The Balaban J connectivity index is 2.36. The van der Waals surface area contributed by atoms with E-state index in [9.17, 15) is 9.50 Å². The molecule has 1 atom stereocenters. The standard InChI is InChI=1S/C15H12FNO2/c1-19-14-6-5-12(8-13(14)16)15(18)11-4-2-3-10(7-11)9-17/h2-8,15,18H,1H3. The molecule has 2 rings (SSSR count). The van der Waals surface area contributed by atoms with E-state index in [1.807, 2.05) is 6.07 Å². The molecule has 0 aliphatic carbocycles. The van der Waals surface area contributed by atoms with Crippen LogP contribution in [-0.4, -0.2) is 12.2 Å². The average Bonchev–Trinajstić information content (AvgIpc) is 2.46. The van der Waals surface area contributed by atoms with Crippen molar-refractivity contribution in [3.05, 3.63) is 65.0 Å². The summed E-state index contributed by atoms with van der Waals surface area (Å²) in [6, 6.07) is 12.9. The van der Waals surface area contributed by atoms with E-state index in [1.54, 1.807) is 30.3 Å². The minimum absolute atomic E-state index is 0.127. The van der Waals surface area contributed by atoms with Crippen LogP contribution in [-0.2, 0) is 0 Å². The smallest absolute Gasteiger partial charge is 0.165 e. The van der Waals surface area contributed by atoms with E-state index in [0.29, 0.717) is 16.7 Å². The van der Waals surface area contributed by atoms with Crippen molar-refractivity contribution < 1.29 is 14.2 Å². The van der Waals surface area contributed by atoms with Crippen LogP contribution >= 0.6 is 0 Å². The van der Waals surface area contributed by atoms with Crippen molar-refractivity contribution in [2.45, 2.75) is 6.10 Å². The van der Waals surface area contributed by atoms with Gasteiger partial charge in [0, 0.05) is 0 Å². The van der Waals surface area contributed by atoms with Crippen LogP contribution in [0.25, 0.3) is 0 Å². The third-order valence-corrected chi connectivity index (χ3v) is 2.82. The summed E-state index contributed by atoms with van der Waals surface area (Å²) in [7, 11) is 1.38. The van der Waals surface area contributed by atoms with Crippen LogP contribution < -0.4 is 4.74 Å². The van der Waals surface area contributed by atoms with E-state index in [0.717, 1.165) is 0 Å². The lowest BCUT2D eigenvalue weighted by atomic mass is 10.00. The Kier molecular flexibility index (Phi) is 3.79. The molecule has 0 aliphatic heterocycles. The molecule has 4 heteroatoms.